The molecule has 0 atom stereocenters. The Hall–Kier alpha value is -10.0. The lowest BCUT2D eigenvalue weighted by molar-refractivity contribution is -0.478. The van der Waals surface area contributed by atoms with E-state index in [4.69, 9.17) is 28.4 Å². The summed E-state index contributed by atoms with van der Waals surface area (Å²) in [6.45, 7) is 4.52. The van der Waals surface area contributed by atoms with Gasteiger partial charge < -0.3 is 9.84 Å². The van der Waals surface area contributed by atoms with E-state index in [2.05, 4.69) is 214 Å². The summed E-state index contributed by atoms with van der Waals surface area (Å²) >= 11 is 4.76. The molecule has 3 heterocycles. The van der Waals surface area contributed by atoms with Crippen molar-refractivity contribution in [2.75, 3.05) is 20.3 Å². The van der Waals surface area contributed by atoms with E-state index < -0.39 is 0 Å². The van der Waals surface area contributed by atoms with E-state index in [9.17, 15) is 9.90 Å². The van der Waals surface area contributed by atoms with Gasteiger partial charge in [-0.25, -0.2) is 15.0 Å². The third kappa shape index (κ3) is 19.6. The SMILES string of the molecule is C#CC#CC#CC#CC#CC#CC#CC#CC#CC#CC#CC#CC#C.COc1ccc(Cn2c(=O)n3ncnc3c3c(C)c(CN(CCO)Cc4ccccc4)sc32)cc1.N=N/N=N/N(OO)OS.[HH].[HH].[HH].[HH].[HH].[HH].[HH].[HH].[HH].[HH].[HH].[HH]. The Balaban J connectivity index is -0.000000125. The van der Waals surface area contributed by atoms with Gasteiger partial charge >= 0.3 is 5.69 Å². The molecule has 2 aromatic carbocycles. The number of aliphatic hydroxyl groups is 1. The summed E-state index contributed by atoms with van der Waals surface area (Å²) in [6.07, 6.45) is 11.2. The van der Waals surface area contributed by atoms with Crippen molar-refractivity contribution >= 4 is 40.1 Å². The Bertz CT molecular complexity index is 3510. The van der Waals surface area contributed by atoms with Gasteiger partial charge in [0, 0.05) is 112 Å². The average molecular weight is 981 g/mol. The van der Waals surface area contributed by atoms with E-state index >= 15 is 0 Å². The molecule has 0 aliphatic heterocycles. The average Bonchev–Trinajstić information content (AvgIpc) is 4.00. The van der Waals surface area contributed by atoms with Crippen LogP contribution in [-0.2, 0) is 28.9 Å². The Morgan fingerprint density at radius 3 is 1.74 bits per heavy atom. The van der Waals surface area contributed by atoms with Gasteiger partial charge in [0.25, 0.3) is 0 Å². The summed E-state index contributed by atoms with van der Waals surface area (Å²) in [6, 6.07) is 18.0. The molecule has 3 N–H and O–H groups in total. The predicted octanol–water partition coefficient (Wildman–Crippen LogP) is 7.49. The van der Waals surface area contributed by atoms with E-state index in [1.165, 1.54) is 16.4 Å². The van der Waals surface area contributed by atoms with E-state index in [0.717, 1.165) is 38.5 Å². The number of fused-ring (bicyclic) bond motifs is 3. The van der Waals surface area contributed by atoms with Crippen molar-refractivity contribution in [1.82, 2.24) is 29.4 Å². The summed E-state index contributed by atoms with van der Waals surface area (Å²) in [4.78, 5) is 25.4. The second-order valence-electron chi connectivity index (χ2n) is 12.2. The Kier molecular flexibility index (Phi) is 26.0. The predicted molar refractivity (Wildman–Crippen MR) is 291 cm³/mol. The molecular weight excluding hydrogens is 925 g/mol. The van der Waals surface area contributed by atoms with Crippen molar-refractivity contribution in [3.63, 3.8) is 0 Å². The third-order valence-corrected chi connectivity index (χ3v) is 9.38. The number of aliphatic hydroxyl groups excluding tert-OH is 1. The maximum Gasteiger partial charge on any atom is 0.352 e. The molecule has 0 aliphatic carbocycles. The molecule has 0 saturated heterocycles. The highest BCUT2D eigenvalue weighted by Crippen LogP contribution is 2.33. The van der Waals surface area contributed by atoms with Gasteiger partial charge in [-0.2, -0.15) is 19.4 Å². The number of rotatable bonds is 13. The second kappa shape index (κ2) is 33.5. The van der Waals surface area contributed by atoms with E-state index in [1.807, 2.05) is 42.5 Å². The zero-order valence-electron chi connectivity index (χ0n) is 36.9. The fourth-order valence-electron chi connectivity index (χ4n) is 5.15. The van der Waals surface area contributed by atoms with Gasteiger partial charge in [-0.1, -0.05) is 47.5 Å². The summed E-state index contributed by atoms with van der Waals surface area (Å²) in [7, 11) is 1.63. The molecule has 0 bridgehead atoms. The van der Waals surface area contributed by atoms with Crippen LogP contribution in [0.1, 0.15) is 38.7 Å². The number of aromatic nitrogens is 4. The molecule has 0 radical (unpaired) electrons. The highest BCUT2D eigenvalue weighted by atomic mass is 32.1. The van der Waals surface area contributed by atoms with Crippen molar-refractivity contribution in [2.45, 2.75) is 26.6 Å². The first-order valence-corrected chi connectivity index (χ1v) is 20.5. The van der Waals surface area contributed by atoms with Gasteiger partial charge in [-0.15, -0.1) is 24.2 Å². The first-order valence-electron chi connectivity index (χ1n) is 19.3. The van der Waals surface area contributed by atoms with Crippen LogP contribution < -0.4 is 10.4 Å². The summed E-state index contributed by atoms with van der Waals surface area (Å²) in [5, 5.41) is 30.7. The smallest absolute Gasteiger partial charge is 0.352 e. The maximum absolute atomic E-state index is 13.4. The van der Waals surface area contributed by atoms with E-state index in [-0.39, 0.29) is 34.8 Å². The quantitative estimate of drug-likeness (QED) is 0.0230. The van der Waals surface area contributed by atoms with Crippen LogP contribution in [-0.4, -0.2) is 60.0 Å². The molecule has 0 unspecified atom stereocenters. The molecular formula is C52H56N10O6S2. The lowest BCUT2D eigenvalue weighted by atomic mass is 10.1. The molecule has 0 saturated carbocycles. The molecule has 0 fully saturated rings. The third-order valence-electron chi connectivity index (χ3n) is 7.94. The van der Waals surface area contributed by atoms with Crippen LogP contribution in [0.25, 0.3) is 15.9 Å². The van der Waals surface area contributed by atoms with E-state index in [1.54, 1.807) is 23.0 Å². The number of nitrogens with one attached hydrogen (secondary N) is 1. The molecule has 5 aromatic rings. The minimum absolute atomic E-state index is 0. The van der Waals surface area contributed by atoms with Crippen LogP contribution in [0.2, 0.25) is 0 Å². The van der Waals surface area contributed by atoms with Crippen LogP contribution in [0.3, 0.4) is 0 Å². The molecule has 5 rings (SSSR count). The van der Waals surface area contributed by atoms with Crippen LogP contribution in [0.4, 0.5) is 0 Å². The Labute approximate surface area is 431 Å². The maximum atomic E-state index is 13.4. The Morgan fingerprint density at radius 1 is 0.786 bits per heavy atom. The zero-order valence-corrected chi connectivity index (χ0v) is 38.6. The fraction of sp³-hybridized carbons (Fsp3) is 0.135. The monoisotopic (exact) mass is 980 g/mol. The van der Waals surface area contributed by atoms with Crippen molar-refractivity contribution < 1.29 is 41.5 Å². The topological polar surface area (TPSA) is 188 Å². The standard InChI is InChI=1S/C26H27N5O3S.C26H2.H3N5O3S.12H2/c1-18-22(16-29(12-13-32)14-19-6-4-3-5-7-19)35-25-23(18)24-27-17-28-31(24)26(33)30(25)15-20-8-10-21(34-2)11-9-20;1-3-5-7-9-11-13-15-17-19-21-23-25-26-24-22-20-18-16-14-12-10-8-6-4-2;1-2-3-4-5(7-6)8-9;;;;;;;;;;;;/h3-11,17,32H,12-16H2,1-2H3;1-2H;1,6,9H;12*1H/b;;2-1?,4-3+;;;;;;;;;;;;. The number of thiol groups is 1. The minimum atomic E-state index is -0.217. The molecule has 0 spiro atoms. The highest BCUT2D eigenvalue weighted by molar-refractivity contribution is 7.75. The number of ether oxygens (including phenoxy) is 1. The highest BCUT2D eigenvalue weighted by Gasteiger charge is 2.21. The van der Waals surface area contributed by atoms with Gasteiger partial charge in [0.05, 0.1) is 25.6 Å². The Morgan fingerprint density at radius 2 is 1.30 bits per heavy atom. The molecule has 362 valence electrons. The van der Waals surface area contributed by atoms with Gasteiger partial charge in [-0.05, 0) is 141 Å². The first-order chi connectivity index (χ1) is 34.3. The summed E-state index contributed by atoms with van der Waals surface area (Å²) < 4.78 is 12.3. The largest absolute Gasteiger partial charge is 0.497 e. The minimum Gasteiger partial charge on any atom is -0.497 e. The molecule has 3 aromatic heterocycles. The first kappa shape index (κ1) is 54.3. The number of hydrogen-bond donors (Lipinski definition) is 4. The number of hydrogen-bond acceptors (Lipinski definition) is 13. The van der Waals surface area contributed by atoms with Gasteiger partial charge in [-0.3, -0.25) is 9.47 Å². The number of nitrogens with zero attached hydrogens (tertiary/aromatic N) is 9. The normalized spacial score (nSPS) is 8.51. The summed E-state index contributed by atoms with van der Waals surface area (Å²) in [5.41, 5.74) is 9.69. The van der Waals surface area contributed by atoms with Crippen LogP contribution in [0.15, 0.2) is 81.4 Å². The van der Waals surface area contributed by atoms with Crippen LogP contribution >= 0.6 is 24.2 Å². The van der Waals surface area contributed by atoms with Gasteiger partial charge in [0.1, 0.15) is 16.9 Å². The lowest BCUT2D eigenvalue weighted by Crippen LogP contribution is -2.27. The number of aryl methyl sites for hydroxylation is 1. The molecule has 0 amide bonds. The number of methoxy groups -OCH3 is 1. The number of thiophene rings is 1. The number of terminal acetylenes is 2. The van der Waals surface area contributed by atoms with Crippen molar-refractivity contribution in [3.05, 3.63) is 93.0 Å². The van der Waals surface area contributed by atoms with Gasteiger partial charge in [0.2, 0.25) is 0 Å². The van der Waals surface area contributed by atoms with Crippen molar-refractivity contribution in [1.29, 1.82) is 5.53 Å². The van der Waals surface area contributed by atoms with Crippen LogP contribution in [0, 0.1) is 167 Å². The lowest BCUT2D eigenvalue weighted by Gasteiger charge is -2.21. The zero-order chi connectivity index (χ0) is 50.4. The van der Waals surface area contributed by atoms with Crippen molar-refractivity contribution in [3.8, 4) is 161 Å². The van der Waals surface area contributed by atoms with Crippen LogP contribution in [0.5, 0.6) is 5.75 Å². The number of benzene rings is 2. The fourth-order valence-corrected chi connectivity index (χ4v) is 6.55. The molecule has 70 heavy (non-hydrogen) atoms. The molecule has 18 heteroatoms. The molecule has 16 nitrogen and oxygen atoms in total. The van der Waals surface area contributed by atoms with Crippen molar-refractivity contribution in [2.24, 2.45) is 15.7 Å². The van der Waals surface area contributed by atoms with E-state index in [0.29, 0.717) is 25.3 Å². The molecule has 0 aliphatic rings. The second-order valence-corrected chi connectivity index (χ2v) is 13.4. The summed E-state index contributed by atoms with van der Waals surface area (Å²) in [5.74, 6) is 59.0. The van der Waals surface area contributed by atoms with Gasteiger partial charge in [0.15, 0.2) is 5.65 Å².